The summed E-state index contributed by atoms with van der Waals surface area (Å²) in [5.74, 6) is -2.80. The number of Topliss-reactive ketones (excluding diaryl/α,β-unsaturated/α-hetero) is 1. The van der Waals surface area contributed by atoms with Gasteiger partial charge in [0.2, 0.25) is 5.78 Å². The highest BCUT2D eigenvalue weighted by molar-refractivity contribution is 6.31. The van der Waals surface area contributed by atoms with Gasteiger partial charge >= 0.3 is 0 Å². The summed E-state index contributed by atoms with van der Waals surface area (Å²) >= 11 is 0. The second-order valence-electron chi connectivity index (χ2n) is 7.88. The van der Waals surface area contributed by atoms with Crippen LogP contribution in [0.5, 0.6) is 17.2 Å². The number of rotatable bonds is 3. The number of ketones is 3. The number of phenols is 2. The summed E-state index contributed by atoms with van der Waals surface area (Å²) in [5, 5.41) is 43.2. The monoisotopic (exact) mass is 412 g/mol. The molecule has 8 heteroatoms. The fraction of sp³-hybridized carbons (Fsp3) is 0.318. The number of fused-ring (bicyclic) bond motifs is 3. The van der Waals surface area contributed by atoms with Crippen LogP contribution in [0.4, 0.5) is 0 Å². The van der Waals surface area contributed by atoms with E-state index in [0.29, 0.717) is 0 Å². The predicted molar refractivity (Wildman–Crippen MR) is 103 cm³/mol. The van der Waals surface area contributed by atoms with Gasteiger partial charge in [-0.15, -0.1) is 0 Å². The van der Waals surface area contributed by atoms with Crippen molar-refractivity contribution in [2.24, 2.45) is 0 Å². The molecule has 0 unspecified atom stereocenters. The number of ether oxygens (including phenoxy) is 1. The van der Waals surface area contributed by atoms with Crippen molar-refractivity contribution in [1.82, 2.24) is 0 Å². The number of carbonyl (C=O) groups is 3. The summed E-state index contributed by atoms with van der Waals surface area (Å²) in [7, 11) is 1.34. The van der Waals surface area contributed by atoms with E-state index < -0.39 is 45.9 Å². The van der Waals surface area contributed by atoms with Crippen LogP contribution in [0.3, 0.4) is 0 Å². The van der Waals surface area contributed by atoms with Crippen molar-refractivity contribution < 1.29 is 39.5 Å². The van der Waals surface area contributed by atoms with Crippen LogP contribution in [0.2, 0.25) is 0 Å². The number of aliphatic hydroxyl groups excluding tert-OH is 1. The molecule has 2 aromatic rings. The lowest BCUT2D eigenvalue weighted by atomic mass is 9.72. The summed E-state index contributed by atoms with van der Waals surface area (Å²) in [4.78, 5) is 37.9. The van der Waals surface area contributed by atoms with Gasteiger partial charge in [-0.25, -0.2) is 0 Å². The second kappa shape index (κ2) is 6.65. The molecule has 156 valence electrons. The third-order valence-corrected chi connectivity index (χ3v) is 5.75. The maximum atomic E-state index is 13.2. The number of hydrogen-bond acceptors (Lipinski definition) is 8. The van der Waals surface area contributed by atoms with E-state index in [0.717, 1.165) is 0 Å². The van der Waals surface area contributed by atoms with Gasteiger partial charge in [0.25, 0.3) is 0 Å². The maximum Gasteiger partial charge on any atom is 0.202 e. The first-order valence-corrected chi connectivity index (χ1v) is 9.36. The number of aromatic hydroxyl groups is 2. The molecule has 0 saturated heterocycles. The van der Waals surface area contributed by atoms with Crippen molar-refractivity contribution in [3.8, 4) is 17.2 Å². The van der Waals surface area contributed by atoms with Crippen molar-refractivity contribution in [1.29, 1.82) is 0 Å². The Morgan fingerprint density at radius 3 is 2.43 bits per heavy atom. The Balaban J connectivity index is 1.98. The second-order valence-corrected chi connectivity index (χ2v) is 7.88. The highest BCUT2D eigenvalue weighted by Gasteiger charge is 2.45. The summed E-state index contributed by atoms with van der Waals surface area (Å²) < 4.78 is 5.18. The van der Waals surface area contributed by atoms with Gasteiger partial charge in [-0.3, -0.25) is 14.4 Å². The molecule has 0 saturated carbocycles. The minimum absolute atomic E-state index is 0.0110. The van der Waals surface area contributed by atoms with Crippen LogP contribution in [0, 0.1) is 0 Å². The fourth-order valence-electron chi connectivity index (χ4n) is 4.62. The molecule has 0 bridgehead atoms. The lowest BCUT2D eigenvalue weighted by Gasteiger charge is -2.37. The Morgan fingerprint density at radius 1 is 1.13 bits per heavy atom. The lowest BCUT2D eigenvalue weighted by Crippen LogP contribution is -2.40. The largest absolute Gasteiger partial charge is 0.507 e. The van der Waals surface area contributed by atoms with Crippen LogP contribution < -0.4 is 4.74 Å². The van der Waals surface area contributed by atoms with Gasteiger partial charge in [0.05, 0.1) is 35.5 Å². The first kappa shape index (κ1) is 20.1. The van der Waals surface area contributed by atoms with Crippen molar-refractivity contribution >= 4 is 17.3 Å². The molecular formula is C22H20O8. The maximum absolute atomic E-state index is 13.2. The number of carbonyl (C=O) groups excluding carboxylic acids is 3. The highest BCUT2D eigenvalue weighted by atomic mass is 16.5. The normalized spacial score (nSPS) is 22.2. The van der Waals surface area contributed by atoms with E-state index in [4.69, 9.17) is 4.74 Å². The molecule has 2 aromatic carbocycles. The molecule has 0 spiro atoms. The van der Waals surface area contributed by atoms with Gasteiger partial charge in [0.1, 0.15) is 23.0 Å². The summed E-state index contributed by atoms with van der Waals surface area (Å²) in [6.45, 7) is 1.29. The molecule has 2 aliphatic rings. The van der Waals surface area contributed by atoms with Crippen LogP contribution in [0.15, 0.2) is 18.2 Å². The minimum Gasteiger partial charge on any atom is -0.507 e. The van der Waals surface area contributed by atoms with E-state index in [1.807, 2.05) is 0 Å². The summed E-state index contributed by atoms with van der Waals surface area (Å²) in [6.07, 6.45) is -2.25. The number of hydrogen-bond donors (Lipinski definition) is 4. The van der Waals surface area contributed by atoms with Crippen LogP contribution >= 0.6 is 0 Å². The van der Waals surface area contributed by atoms with E-state index in [-0.39, 0.29) is 53.0 Å². The van der Waals surface area contributed by atoms with E-state index in [9.17, 15) is 34.8 Å². The van der Waals surface area contributed by atoms with Crippen LogP contribution in [-0.4, -0.2) is 50.5 Å². The molecule has 0 aromatic heterocycles. The Labute approximate surface area is 171 Å². The van der Waals surface area contributed by atoms with Crippen molar-refractivity contribution in [3.63, 3.8) is 0 Å². The van der Waals surface area contributed by atoms with Gasteiger partial charge in [0, 0.05) is 36.0 Å². The van der Waals surface area contributed by atoms with Gasteiger partial charge in [-0.2, -0.15) is 0 Å². The minimum atomic E-state index is -1.65. The Hall–Kier alpha value is -3.23. The zero-order chi connectivity index (χ0) is 22.0. The molecule has 8 nitrogen and oxygen atoms in total. The molecule has 0 fully saturated rings. The molecule has 0 aliphatic heterocycles. The number of methoxy groups -OCH3 is 1. The summed E-state index contributed by atoms with van der Waals surface area (Å²) in [6, 6.07) is 4.44. The average molecular weight is 412 g/mol. The third kappa shape index (κ3) is 2.72. The first-order chi connectivity index (χ1) is 14.1. The third-order valence-electron chi connectivity index (χ3n) is 5.75. The van der Waals surface area contributed by atoms with E-state index in [1.165, 1.54) is 32.2 Å². The van der Waals surface area contributed by atoms with Crippen molar-refractivity contribution in [3.05, 3.63) is 51.6 Å². The first-order valence-electron chi connectivity index (χ1n) is 9.36. The molecule has 4 rings (SSSR count). The molecular weight excluding hydrogens is 392 g/mol. The molecule has 2 atom stereocenters. The topological polar surface area (TPSA) is 141 Å². The van der Waals surface area contributed by atoms with E-state index in [1.54, 1.807) is 0 Å². The van der Waals surface area contributed by atoms with Gasteiger partial charge in [0.15, 0.2) is 5.78 Å². The zero-order valence-electron chi connectivity index (χ0n) is 16.4. The number of aliphatic hydroxyl groups is 2. The van der Waals surface area contributed by atoms with Crippen molar-refractivity contribution in [2.75, 3.05) is 7.11 Å². The van der Waals surface area contributed by atoms with Gasteiger partial charge in [-0.1, -0.05) is 12.1 Å². The van der Waals surface area contributed by atoms with Gasteiger partial charge in [-0.05, 0) is 13.0 Å². The molecule has 4 N–H and O–H groups in total. The van der Waals surface area contributed by atoms with Crippen molar-refractivity contribution in [2.45, 2.75) is 37.9 Å². The molecule has 2 aliphatic carbocycles. The van der Waals surface area contributed by atoms with E-state index in [2.05, 4.69) is 0 Å². The molecule has 0 amide bonds. The number of phenolic OH excluding ortho intramolecular Hbond substituents is 2. The fourth-order valence-corrected chi connectivity index (χ4v) is 4.62. The van der Waals surface area contributed by atoms with Crippen LogP contribution in [0.1, 0.15) is 68.8 Å². The Bertz CT molecular complexity index is 1130. The van der Waals surface area contributed by atoms with E-state index >= 15 is 0 Å². The molecule has 30 heavy (non-hydrogen) atoms. The van der Waals surface area contributed by atoms with Crippen LogP contribution in [-0.2, 0) is 11.2 Å². The highest BCUT2D eigenvalue weighted by Crippen LogP contribution is 2.51. The SMILES string of the molecule is COc1cccc2c1C(=O)c1c(O)c3c(c(O)c1C2=O)C[C@@](O)(CC(C)=O)C[C@@H]3O. The Kier molecular flexibility index (Phi) is 4.44. The number of benzene rings is 2. The molecule has 0 heterocycles. The standard InChI is InChI=1S/C22H20O8/c1-9(23)6-22(29)7-11-14(12(24)8-22)20(27)17-16(19(11)26)18(25)10-4-3-5-13(30-2)15(10)21(17)28/h3-5,12,24,26-27,29H,6-8H2,1-2H3/t12-,22-/m0/s1. The Morgan fingerprint density at radius 2 is 1.80 bits per heavy atom. The lowest BCUT2D eigenvalue weighted by molar-refractivity contribution is -0.123. The smallest absolute Gasteiger partial charge is 0.202 e. The quantitative estimate of drug-likeness (QED) is 0.475. The zero-order valence-corrected chi connectivity index (χ0v) is 16.4. The predicted octanol–water partition coefficient (Wildman–Crippen LogP) is 1.57. The van der Waals surface area contributed by atoms with Gasteiger partial charge < -0.3 is 25.2 Å². The summed E-state index contributed by atoms with van der Waals surface area (Å²) in [5.41, 5.74) is -2.66. The molecule has 0 radical (unpaired) electrons. The van der Waals surface area contributed by atoms with Crippen LogP contribution in [0.25, 0.3) is 0 Å². The average Bonchev–Trinajstić information content (AvgIpc) is 2.66.